The van der Waals surface area contributed by atoms with Gasteiger partial charge in [0, 0.05) is 13.2 Å². The summed E-state index contributed by atoms with van der Waals surface area (Å²) in [6.07, 6.45) is 3.07. The minimum atomic E-state index is -0.792. The molecule has 0 spiro atoms. The van der Waals surface area contributed by atoms with Crippen molar-refractivity contribution in [3.05, 3.63) is 68.9 Å². The number of nitrogens with two attached hydrogens (primary N) is 1. The number of ketones is 1. The summed E-state index contributed by atoms with van der Waals surface area (Å²) in [4.78, 5) is 45.0. The number of H-pyrrole nitrogens is 1. The molecule has 0 aliphatic carbocycles. The molecule has 31 heavy (non-hydrogen) atoms. The van der Waals surface area contributed by atoms with E-state index in [4.69, 9.17) is 10.5 Å². The summed E-state index contributed by atoms with van der Waals surface area (Å²) in [5.41, 5.74) is 6.14. The molecule has 0 bridgehead atoms. The van der Waals surface area contributed by atoms with Crippen molar-refractivity contribution in [2.75, 3.05) is 33.0 Å². The Labute approximate surface area is 178 Å². The number of hydrogen-bond acceptors (Lipinski definition) is 8. The lowest BCUT2D eigenvalue weighted by atomic mass is 10.1. The number of anilines is 1. The van der Waals surface area contributed by atoms with Gasteiger partial charge in [0.1, 0.15) is 24.0 Å². The quantitative estimate of drug-likeness (QED) is 0.462. The smallest absolute Gasteiger partial charge is 0.330 e. The van der Waals surface area contributed by atoms with Crippen LogP contribution in [0.3, 0.4) is 0 Å². The number of rotatable bonds is 9. The van der Waals surface area contributed by atoms with Crippen molar-refractivity contribution in [1.82, 2.24) is 29.2 Å². The summed E-state index contributed by atoms with van der Waals surface area (Å²) in [5, 5.41) is 4.09. The standard InChI is InChI=1S/C20H25N7O4/c1-13(14-4-6-15(7-5-14)27-12-22-11-23-27)25(2)10-16(28)17-18(21)26(8-9-31-3)20(30)24-19(17)29/h4-7,11-13H,8-10,21H2,1-3H3,(H,24,29,30)/t13-/m0/s1. The molecule has 3 N–H and O–H groups in total. The van der Waals surface area contributed by atoms with Crippen molar-refractivity contribution >= 4 is 11.6 Å². The van der Waals surface area contributed by atoms with Crippen LogP contribution in [0.25, 0.3) is 5.69 Å². The average molecular weight is 427 g/mol. The second kappa shape index (κ2) is 9.49. The first-order valence-electron chi connectivity index (χ1n) is 9.63. The monoisotopic (exact) mass is 427 g/mol. The van der Waals surface area contributed by atoms with E-state index in [1.54, 1.807) is 23.0 Å². The van der Waals surface area contributed by atoms with Crippen molar-refractivity contribution < 1.29 is 9.53 Å². The number of aromatic amines is 1. The van der Waals surface area contributed by atoms with Gasteiger partial charge < -0.3 is 10.5 Å². The molecule has 1 atom stereocenters. The number of carbonyl (C=O) groups excluding carboxylic acids is 1. The Morgan fingerprint density at radius 1 is 1.29 bits per heavy atom. The fourth-order valence-electron chi connectivity index (χ4n) is 3.21. The summed E-state index contributed by atoms with van der Waals surface area (Å²) in [5.74, 6) is -0.632. The van der Waals surface area contributed by atoms with E-state index >= 15 is 0 Å². The third-order valence-corrected chi connectivity index (χ3v) is 5.15. The molecule has 11 nitrogen and oxygen atoms in total. The Hall–Kier alpha value is -3.57. The van der Waals surface area contributed by atoms with E-state index in [0.717, 1.165) is 15.8 Å². The number of benzene rings is 1. The Morgan fingerprint density at radius 2 is 2.00 bits per heavy atom. The van der Waals surface area contributed by atoms with Crippen molar-refractivity contribution in [3.63, 3.8) is 0 Å². The number of nitrogens with zero attached hydrogens (tertiary/aromatic N) is 5. The molecule has 1 aromatic carbocycles. The lowest BCUT2D eigenvalue weighted by molar-refractivity contribution is 0.0923. The fraction of sp³-hybridized carbons (Fsp3) is 0.350. The first-order chi connectivity index (χ1) is 14.8. The molecule has 11 heteroatoms. The summed E-state index contributed by atoms with van der Waals surface area (Å²) in [6, 6.07) is 7.58. The van der Waals surface area contributed by atoms with E-state index in [1.165, 1.54) is 13.4 Å². The molecule has 3 aromatic rings. The first-order valence-corrected chi connectivity index (χ1v) is 9.63. The minimum Gasteiger partial charge on any atom is -0.384 e. The van der Waals surface area contributed by atoms with E-state index in [0.29, 0.717) is 0 Å². The Morgan fingerprint density at radius 3 is 2.61 bits per heavy atom. The molecule has 0 saturated heterocycles. The van der Waals surface area contributed by atoms with Crippen LogP contribution < -0.4 is 17.0 Å². The zero-order valence-electron chi connectivity index (χ0n) is 17.6. The SMILES string of the molecule is COCCn1c(N)c(C(=O)CN(C)[C@@H](C)c2ccc(-n3cncn3)cc2)c(=O)[nH]c1=O. The highest BCUT2D eigenvalue weighted by Gasteiger charge is 2.22. The summed E-state index contributed by atoms with van der Waals surface area (Å²) in [6.45, 7) is 2.24. The van der Waals surface area contributed by atoms with Crippen molar-refractivity contribution in [2.24, 2.45) is 0 Å². The number of methoxy groups -OCH3 is 1. The van der Waals surface area contributed by atoms with Crippen molar-refractivity contribution in [3.8, 4) is 5.69 Å². The predicted molar refractivity (Wildman–Crippen MR) is 114 cm³/mol. The van der Waals surface area contributed by atoms with Crippen LogP contribution >= 0.6 is 0 Å². The van der Waals surface area contributed by atoms with Gasteiger partial charge in [0.15, 0.2) is 5.78 Å². The molecule has 0 amide bonds. The molecule has 3 rings (SSSR count). The van der Waals surface area contributed by atoms with Crippen LogP contribution in [0.4, 0.5) is 5.82 Å². The van der Waals surface area contributed by atoms with Crippen LogP contribution in [0.2, 0.25) is 0 Å². The van der Waals surface area contributed by atoms with E-state index in [-0.39, 0.29) is 37.1 Å². The number of nitrogen functional groups attached to an aromatic ring is 1. The summed E-state index contributed by atoms with van der Waals surface area (Å²) >= 11 is 0. The predicted octanol–water partition coefficient (Wildman–Crippen LogP) is 0.222. The lowest BCUT2D eigenvalue weighted by Crippen LogP contribution is -2.39. The summed E-state index contributed by atoms with van der Waals surface area (Å²) < 4.78 is 7.73. The maximum Gasteiger partial charge on any atom is 0.330 e. The van der Waals surface area contributed by atoms with Crippen molar-refractivity contribution in [2.45, 2.75) is 19.5 Å². The van der Waals surface area contributed by atoms with E-state index in [2.05, 4.69) is 15.1 Å². The first kappa shape index (κ1) is 22.1. The second-order valence-electron chi connectivity index (χ2n) is 7.11. The molecular formula is C20H25N7O4. The Balaban J connectivity index is 1.77. The van der Waals surface area contributed by atoms with E-state index in [9.17, 15) is 14.4 Å². The maximum absolute atomic E-state index is 12.9. The average Bonchev–Trinajstić information content (AvgIpc) is 3.28. The van der Waals surface area contributed by atoms with Gasteiger partial charge in [-0.05, 0) is 31.7 Å². The Kier molecular flexibility index (Phi) is 6.78. The lowest BCUT2D eigenvalue weighted by Gasteiger charge is -2.24. The zero-order valence-corrected chi connectivity index (χ0v) is 17.6. The molecule has 0 saturated carbocycles. The largest absolute Gasteiger partial charge is 0.384 e. The number of Topliss-reactive ketones (excluding diaryl/α,β-unsaturated/α-hetero) is 1. The zero-order chi connectivity index (χ0) is 22.5. The fourth-order valence-corrected chi connectivity index (χ4v) is 3.21. The minimum absolute atomic E-state index is 0.0538. The van der Waals surface area contributed by atoms with Crippen LogP contribution in [0.15, 0.2) is 46.5 Å². The van der Waals surface area contributed by atoms with Gasteiger partial charge in [0.25, 0.3) is 5.56 Å². The van der Waals surface area contributed by atoms with Crippen LogP contribution in [0.5, 0.6) is 0 Å². The van der Waals surface area contributed by atoms with E-state index < -0.39 is 17.0 Å². The van der Waals surface area contributed by atoms with Crippen LogP contribution in [0, 0.1) is 0 Å². The molecule has 0 fully saturated rings. The van der Waals surface area contributed by atoms with Gasteiger partial charge in [-0.25, -0.2) is 14.5 Å². The number of ether oxygens (including phenoxy) is 1. The van der Waals surface area contributed by atoms with Gasteiger partial charge in [-0.3, -0.25) is 24.0 Å². The van der Waals surface area contributed by atoms with E-state index in [1.807, 2.05) is 31.2 Å². The highest BCUT2D eigenvalue weighted by Crippen LogP contribution is 2.20. The maximum atomic E-state index is 12.9. The highest BCUT2D eigenvalue weighted by atomic mass is 16.5. The van der Waals surface area contributed by atoms with Gasteiger partial charge in [0.05, 0.1) is 25.4 Å². The number of nitrogens with one attached hydrogen (secondary N) is 1. The molecule has 2 heterocycles. The normalized spacial score (nSPS) is 12.3. The Bertz CT molecular complexity index is 1150. The van der Waals surface area contributed by atoms with Gasteiger partial charge >= 0.3 is 5.69 Å². The van der Waals surface area contributed by atoms with Crippen molar-refractivity contribution in [1.29, 1.82) is 0 Å². The summed E-state index contributed by atoms with van der Waals surface area (Å²) in [7, 11) is 3.26. The second-order valence-corrected chi connectivity index (χ2v) is 7.11. The molecule has 0 radical (unpaired) electrons. The third kappa shape index (κ3) is 4.78. The molecule has 0 aliphatic heterocycles. The highest BCUT2D eigenvalue weighted by molar-refractivity contribution is 6.01. The number of hydrogen-bond donors (Lipinski definition) is 2. The van der Waals surface area contributed by atoms with Gasteiger partial charge in [0.2, 0.25) is 0 Å². The molecule has 0 unspecified atom stereocenters. The molecule has 0 aliphatic rings. The van der Waals surface area contributed by atoms with Gasteiger partial charge in [-0.15, -0.1) is 0 Å². The topological polar surface area (TPSA) is 141 Å². The third-order valence-electron chi connectivity index (χ3n) is 5.15. The molecule has 2 aromatic heterocycles. The number of aromatic nitrogens is 5. The molecule has 164 valence electrons. The van der Waals surface area contributed by atoms with Crippen LogP contribution in [0.1, 0.15) is 28.9 Å². The van der Waals surface area contributed by atoms with Gasteiger partial charge in [-0.2, -0.15) is 5.10 Å². The number of likely N-dealkylation sites (N-methyl/N-ethyl adjacent to an activating group) is 1. The van der Waals surface area contributed by atoms with Crippen LogP contribution in [-0.2, 0) is 11.3 Å². The molecular weight excluding hydrogens is 402 g/mol. The van der Waals surface area contributed by atoms with Gasteiger partial charge in [-0.1, -0.05) is 12.1 Å². The van der Waals surface area contributed by atoms with Crippen LogP contribution in [-0.4, -0.2) is 62.3 Å². The number of carbonyl (C=O) groups is 1.